The Balaban J connectivity index is 2.03. The Morgan fingerprint density at radius 3 is 2.00 bits per heavy atom. The number of aromatic nitrogens is 1. The fourth-order valence-electron chi connectivity index (χ4n) is 4.24. The molecule has 0 radical (unpaired) electrons. The highest BCUT2D eigenvalue weighted by atomic mass is 19.4. The first kappa shape index (κ1) is 19.8. The first-order valence-electron chi connectivity index (χ1n) is 8.61. The second-order valence-electron chi connectivity index (χ2n) is 7.41. The van der Waals surface area contributed by atoms with Crippen molar-refractivity contribution in [2.45, 2.75) is 31.2 Å². The zero-order valence-corrected chi connectivity index (χ0v) is 15.8. The minimum absolute atomic E-state index is 0.205. The van der Waals surface area contributed by atoms with Crippen molar-refractivity contribution < 1.29 is 37.7 Å². The first-order valence-corrected chi connectivity index (χ1v) is 8.61. The van der Waals surface area contributed by atoms with Crippen LogP contribution in [0.2, 0.25) is 0 Å². The summed E-state index contributed by atoms with van der Waals surface area (Å²) in [7, 11) is 1.23. The van der Waals surface area contributed by atoms with Crippen molar-refractivity contribution in [2.24, 2.45) is 0 Å². The lowest BCUT2D eigenvalue weighted by atomic mass is 9.93. The van der Waals surface area contributed by atoms with Gasteiger partial charge < -0.3 is 14.9 Å². The lowest BCUT2D eigenvalue weighted by molar-refractivity contribution is -0.204. The maximum absolute atomic E-state index is 13.3. The first-order chi connectivity index (χ1) is 13.8. The van der Waals surface area contributed by atoms with Crippen LogP contribution in [0.25, 0.3) is 5.69 Å². The van der Waals surface area contributed by atoms with E-state index in [-0.39, 0.29) is 16.8 Å². The number of hydrogen-bond donors (Lipinski definition) is 2. The topological polar surface area (TPSA) is 116 Å². The molecule has 8 nitrogen and oxygen atoms in total. The van der Waals surface area contributed by atoms with Crippen molar-refractivity contribution in [1.82, 2.24) is 9.47 Å². The van der Waals surface area contributed by atoms with Crippen LogP contribution < -0.4 is 0 Å². The highest BCUT2D eigenvalue weighted by Gasteiger charge is 2.67. The highest BCUT2D eigenvalue weighted by molar-refractivity contribution is 6.09. The molecule has 2 atom stereocenters. The van der Waals surface area contributed by atoms with Gasteiger partial charge in [0.1, 0.15) is 0 Å². The van der Waals surface area contributed by atoms with E-state index in [1.54, 1.807) is 0 Å². The number of ether oxygens (including phenoxy) is 1. The van der Waals surface area contributed by atoms with E-state index < -0.39 is 52.1 Å². The normalized spacial score (nSPS) is 25.4. The van der Waals surface area contributed by atoms with Gasteiger partial charge in [-0.1, -0.05) is 0 Å². The zero-order valence-electron chi connectivity index (χ0n) is 15.8. The molecule has 0 spiro atoms. The monoisotopic (exact) mass is 421 g/mol. The van der Waals surface area contributed by atoms with Crippen LogP contribution in [-0.2, 0) is 31.7 Å². The SMILES string of the molecule is CN1C(=O)[C@]2(C)O[C@](C)(C1=O)c1c2c(O)n(-c2ccc(C#N)c(C(F)(F)F)c2)c1O. The number of aromatic hydroxyl groups is 2. The molecule has 1 aromatic carbocycles. The van der Waals surface area contributed by atoms with E-state index in [0.29, 0.717) is 10.6 Å². The Morgan fingerprint density at radius 1 is 1.07 bits per heavy atom. The van der Waals surface area contributed by atoms with E-state index >= 15 is 0 Å². The van der Waals surface area contributed by atoms with E-state index in [4.69, 9.17) is 10.00 Å². The molecule has 1 aromatic heterocycles. The number of hydrogen-bond acceptors (Lipinski definition) is 6. The largest absolute Gasteiger partial charge is 0.494 e. The number of carbonyl (C=O) groups excluding carboxylic acids is 2. The maximum atomic E-state index is 13.3. The number of nitrogens with zero attached hydrogens (tertiary/aromatic N) is 3. The standard InChI is InChI=1S/C19H14F3N3O5/c1-17-11-12(18(2,30-17)16(29)24(3)15(17)28)14(27)25(13(11)26)9-5-4-8(7-23)10(6-9)19(20,21)22/h4-6,26-27H,1-3H3/t17-,18+. The van der Waals surface area contributed by atoms with Gasteiger partial charge in [-0.05, 0) is 32.0 Å². The van der Waals surface area contributed by atoms with Gasteiger partial charge in [-0.15, -0.1) is 0 Å². The number of rotatable bonds is 1. The molecular formula is C19H14F3N3O5. The summed E-state index contributed by atoms with van der Waals surface area (Å²) >= 11 is 0. The van der Waals surface area contributed by atoms with Crippen LogP contribution in [0.4, 0.5) is 13.2 Å². The number of carbonyl (C=O) groups is 2. The molecule has 30 heavy (non-hydrogen) atoms. The Labute approximate surface area is 167 Å². The molecule has 1 saturated heterocycles. The van der Waals surface area contributed by atoms with Crippen LogP contribution in [-0.4, -0.2) is 38.5 Å². The van der Waals surface area contributed by atoms with Crippen LogP contribution in [0.5, 0.6) is 11.8 Å². The summed E-state index contributed by atoms with van der Waals surface area (Å²) in [5.41, 5.74) is -6.31. The third kappa shape index (κ3) is 2.14. The lowest BCUT2D eigenvalue weighted by Gasteiger charge is -2.39. The van der Waals surface area contributed by atoms with Crippen LogP contribution in [0.15, 0.2) is 18.2 Å². The van der Waals surface area contributed by atoms with Crippen molar-refractivity contribution in [2.75, 3.05) is 7.05 Å². The molecule has 0 aliphatic carbocycles. The number of amides is 2. The van der Waals surface area contributed by atoms with E-state index in [1.165, 1.54) is 27.0 Å². The summed E-state index contributed by atoms with van der Waals surface area (Å²) in [5, 5.41) is 30.6. The molecule has 2 aliphatic rings. The molecule has 11 heteroatoms. The predicted octanol–water partition coefficient (Wildman–Crippen LogP) is 2.24. The molecule has 0 saturated carbocycles. The Morgan fingerprint density at radius 2 is 1.57 bits per heavy atom. The van der Waals surface area contributed by atoms with Crippen molar-refractivity contribution in [3.8, 4) is 23.5 Å². The number of nitriles is 1. The average molecular weight is 421 g/mol. The Bertz CT molecular complexity index is 1140. The fourth-order valence-corrected chi connectivity index (χ4v) is 4.24. The molecule has 2 amide bonds. The van der Waals surface area contributed by atoms with E-state index in [9.17, 15) is 33.0 Å². The summed E-state index contributed by atoms with van der Waals surface area (Å²) in [4.78, 5) is 26.2. The molecule has 156 valence electrons. The highest BCUT2D eigenvalue weighted by Crippen LogP contribution is 2.59. The van der Waals surface area contributed by atoms with Gasteiger partial charge in [-0.2, -0.15) is 18.4 Å². The molecule has 2 N–H and O–H groups in total. The summed E-state index contributed by atoms with van der Waals surface area (Å²) < 4.78 is 46.4. The van der Waals surface area contributed by atoms with Gasteiger partial charge in [-0.25, -0.2) is 0 Å². The summed E-state index contributed by atoms with van der Waals surface area (Å²) in [6, 6.07) is 4.02. The fraction of sp³-hybridized carbons (Fsp3) is 0.316. The molecular weight excluding hydrogens is 407 g/mol. The summed E-state index contributed by atoms with van der Waals surface area (Å²) in [6.45, 7) is 2.59. The molecule has 1 fully saturated rings. The molecule has 3 heterocycles. The number of benzene rings is 1. The van der Waals surface area contributed by atoms with E-state index in [0.717, 1.165) is 17.0 Å². The van der Waals surface area contributed by atoms with Crippen LogP contribution in [0.3, 0.4) is 0 Å². The van der Waals surface area contributed by atoms with Crippen LogP contribution in [0.1, 0.15) is 36.1 Å². The number of morpholine rings is 1. The second kappa shape index (κ2) is 5.54. The third-order valence-corrected chi connectivity index (χ3v) is 5.60. The molecule has 4 rings (SSSR count). The second-order valence-corrected chi connectivity index (χ2v) is 7.41. The number of fused-ring (bicyclic) bond motifs is 5. The van der Waals surface area contributed by atoms with Gasteiger partial charge in [0.2, 0.25) is 11.8 Å². The minimum Gasteiger partial charge on any atom is -0.494 e. The van der Waals surface area contributed by atoms with E-state index in [2.05, 4.69) is 0 Å². The number of halogens is 3. The summed E-state index contributed by atoms with van der Waals surface area (Å²) in [5.74, 6) is -3.09. The predicted molar refractivity (Wildman–Crippen MR) is 92.4 cm³/mol. The maximum Gasteiger partial charge on any atom is 0.417 e. The quantitative estimate of drug-likeness (QED) is 0.683. The van der Waals surface area contributed by atoms with Crippen molar-refractivity contribution in [1.29, 1.82) is 5.26 Å². The van der Waals surface area contributed by atoms with Crippen LogP contribution in [0, 0.1) is 11.3 Å². The van der Waals surface area contributed by atoms with Gasteiger partial charge in [0, 0.05) is 7.05 Å². The van der Waals surface area contributed by atoms with Gasteiger partial charge in [-0.3, -0.25) is 19.1 Å². The van der Waals surface area contributed by atoms with Crippen molar-refractivity contribution in [3.05, 3.63) is 40.5 Å². The van der Waals surface area contributed by atoms with Gasteiger partial charge in [0.05, 0.1) is 34.0 Å². The molecule has 2 aliphatic heterocycles. The van der Waals surface area contributed by atoms with Gasteiger partial charge in [0.25, 0.3) is 11.8 Å². The smallest absolute Gasteiger partial charge is 0.417 e. The molecule has 0 unspecified atom stereocenters. The number of likely N-dealkylation sites (N-methyl/N-ethyl adjacent to an activating group) is 1. The molecule has 2 bridgehead atoms. The van der Waals surface area contributed by atoms with Gasteiger partial charge in [0.15, 0.2) is 11.2 Å². The third-order valence-electron chi connectivity index (χ3n) is 5.60. The number of imide groups is 1. The summed E-state index contributed by atoms with van der Waals surface area (Å²) in [6.07, 6.45) is -4.87. The van der Waals surface area contributed by atoms with Crippen molar-refractivity contribution in [3.63, 3.8) is 0 Å². The Hall–Kier alpha value is -3.52. The zero-order chi connectivity index (χ0) is 22.4. The minimum atomic E-state index is -4.87. The molecule has 2 aromatic rings. The lowest BCUT2D eigenvalue weighted by Crippen LogP contribution is -2.57. The van der Waals surface area contributed by atoms with Crippen LogP contribution >= 0.6 is 0 Å². The average Bonchev–Trinajstić information content (AvgIpc) is 3.08. The number of alkyl halides is 3. The Kier molecular flexibility index (Phi) is 3.66. The van der Waals surface area contributed by atoms with E-state index in [1.807, 2.05) is 0 Å². The van der Waals surface area contributed by atoms with Gasteiger partial charge >= 0.3 is 6.18 Å². The van der Waals surface area contributed by atoms with Crippen molar-refractivity contribution >= 4 is 11.8 Å².